The summed E-state index contributed by atoms with van der Waals surface area (Å²) in [5.74, 6) is -1.45. The minimum atomic E-state index is -1.23. The number of benzene rings is 1. The third-order valence-electron chi connectivity index (χ3n) is 6.03. The second kappa shape index (κ2) is 16.0. The van der Waals surface area contributed by atoms with E-state index in [-0.39, 0.29) is 37.2 Å². The minimum Gasteiger partial charge on any atom is -0.497 e. The molecule has 1 aromatic heterocycles. The lowest BCUT2D eigenvalue weighted by atomic mass is 10.1. The number of hydrogen-bond donors (Lipinski definition) is 7. The van der Waals surface area contributed by atoms with Crippen LogP contribution in [0, 0.1) is 0 Å². The van der Waals surface area contributed by atoms with Crippen molar-refractivity contribution in [1.29, 1.82) is 0 Å². The predicted octanol–water partition coefficient (Wildman–Crippen LogP) is 0.671. The van der Waals surface area contributed by atoms with Crippen LogP contribution in [0.15, 0.2) is 35.5 Å². The molecular formula is C26H40N8O5. The Morgan fingerprint density at radius 3 is 2.62 bits per heavy atom. The molecule has 2 aromatic rings. The molecule has 1 unspecified atom stereocenters. The number of nitrogens with one attached hydrogen (secondary N) is 3. The molecule has 3 atom stereocenters. The molecule has 0 spiro atoms. The molecule has 1 heterocycles. The van der Waals surface area contributed by atoms with Gasteiger partial charge in [0.25, 0.3) is 0 Å². The predicted molar refractivity (Wildman–Crippen MR) is 150 cm³/mol. The number of hydrogen-bond acceptors (Lipinski definition) is 8. The zero-order valence-electron chi connectivity index (χ0n) is 22.5. The quantitative estimate of drug-likeness (QED) is 0.0838. The molecule has 0 aliphatic heterocycles. The maximum absolute atomic E-state index is 12.3. The summed E-state index contributed by atoms with van der Waals surface area (Å²) in [4.78, 5) is 44.3. The molecule has 0 bridgehead atoms. The third kappa shape index (κ3) is 11.0. The maximum Gasteiger partial charge on any atom is 0.326 e. The number of nitrogens with two attached hydrogens (primary N) is 3. The number of nitrogens with zero attached hydrogens (tertiary/aromatic N) is 2. The molecule has 0 aliphatic carbocycles. The van der Waals surface area contributed by atoms with E-state index < -0.39 is 24.0 Å². The topological polar surface area (TPSA) is 220 Å². The first-order valence-corrected chi connectivity index (χ1v) is 12.9. The van der Waals surface area contributed by atoms with Crippen LogP contribution in [-0.4, -0.2) is 72.2 Å². The molecule has 214 valence electrons. The normalized spacial score (nSPS) is 13.1. The number of aromatic nitrogens is 1. The van der Waals surface area contributed by atoms with Crippen molar-refractivity contribution in [3.05, 3.63) is 30.5 Å². The summed E-state index contributed by atoms with van der Waals surface area (Å²) >= 11 is 0. The van der Waals surface area contributed by atoms with E-state index in [2.05, 4.69) is 25.9 Å². The highest BCUT2D eigenvalue weighted by molar-refractivity contribution is 5.92. The number of pyridine rings is 1. The van der Waals surface area contributed by atoms with Crippen molar-refractivity contribution < 1.29 is 24.2 Å². The zero-order valence-corrected chi connectivity index (χ0v) is 22.5. The largest absolute Gasteiger partial charge is 0.497 e. The summed E-state index contributed by atoms with van der Waals surface area (Å²) in [6.07, 6.45) is 3.88. The number of methoxy groups -OCH3 is 1. The van der Waals surface area contributed by atoms with Crippen LogP contribution < -0.4 is 37.9 Å². The summed E-state index contributed by atoms with van der Waals surface area (Å²) in [5.41, 5.74) is 18.0. The van der Waals surface area contributed by atoms with Crippen LogP contribution in [0.3, 0.4) is 0 Å². The lowest BCUT2D eigenvalue weighted by molar-refractivity contribution is -0.142. The number of fused-ring (bicyclic) bond motifs is 1. The monoisotopic (exact) mass is 544 g/mol. The molecule has 1 aromatic carbocycles. The average molecular weight is 545 g/mol. The summed E-state index contributed by atoms with van der Waals surface area (Å²) in [5, 5.41) is 19.1. The van der Waals surface area contributed by atoms with Gasteiger partial charge >= 0.3 is 5.97 Å². The van der Waals surface area contributed by atoms with Crippen molar-refractivity contribution in [2.24, 2.45) is 22.2 Å². The second-order valence-corrected chi connectivity index (χ2v) is 9.28. The molecule has 0 radical (unpaired) electrons. The van der Waals surface area contributed by atoms with Crippen LogP contribution in [0.2, 0.25) is 0 Å². The standard InChI is InChI=1S/C26H40N8O5/c1-16(33-21-15-18(39-2)14-17-7-4-12-31-23(17)21)6-3-11-30-22(35)10-9-20(25(37)38)34-24(36)19(27)8-5-13-32-26(28)29/h4,7,12,14-16,19-20,33H,3,5-6,8-11,13,27H2,1-2H3,(H,30,35)(H,34,36)(H,37,38)(H4,28,29,32)/t16?,19-,20+/m1/s1. The van der Waals surface area contributed by atoms with E-state index in [0.29, 0.717) is 25.9 Å². The fraction of sp³-hybridized carbons (Fsp3) is 0.500. The molecule has 39 heavy (non-hydrogen) atoms. The lowest BCUT2D eigenvalue weighted by Crippen LogP contribution is -2.48. The number of carboxylic acids is 1. The lowest BCUT2D eigenvalue weighted by Gasteiger charge is -2.18. The number of carboxylic acid groups (broad SMARTS) is 1. The molecule has 0 saturated carbocycles. The molecule has 2 rings (SSSR count). The Labute approximate surface area is 227 Å². The Hall–Kier alpha value is -4.13. The van der Waals surface area contributed by atoms with Crippen molar-refractivity contribution in [2.45, 2.75) is 63.6 Å². The highest BCUT2D eigenvalue weighted by Gasteiger charge is 2.23. The van der Waals surface area contributed by atoms with Crippen LogP contribution in [-0.2, 0) is 14.4 Å². The van der Waals surface area contributed by atoms with Crippen molar-refractivity contribution in [2.75, 3.05) is 25.5 Å². The van der Waals surface area contributed by atoms with Gasteiger partial charge in [-0.3, -0.25) is 19.6 Å². The van der Waals surface area contributed by atoms with Gasteiger partial charge in [0, 0.05) is 43.2 Å². The number of rotatable bonds is 17. The van der Waals surface area contributed by atoms with Crippen molar-refractivity contribution >= 4 is 40.3 Å². The molecule has 2 amide bonds. The number of amides is 2. The van der Waals surface area contributed by atoms with Crippen molar-refractivity contribution in [1.82, 2.24) is 15.6 Å². The number of guanidine groups is 1. The van der Waals surface area contributed by atoms with Gasteiger partial charge in [0.2, 0.25) is 11.8 Å². The Kier molecular flexibility index (Phi) is 12.7. The Morgan fingerprint density at radius 2 is 1.92 bits per heavy atom. The number of carbonyl (C=O) groups excluding carboxylic acids is 2. The minimum absolute atomic E-state index is 0.0494. The fourth-order valence-electron chi connectivity index (χ4n) is 3.92. The maximum atomic E-state index is 12.3. The first-order valence-electron chi connectivity index (χ1n) is 12.9. The smallest absolute Gasteiger partial charge is 0.326 e. The van der Waals surface area contributed by atoms with E-state index in [4.69, 9.17) is 21.9 Å². The molecule has 10 N–H and O–H groups in total. The Morgan fingerprint density at radius 1 is 1.15 bits per heavy atom. The van der Waals surface area contributed by atoms with Gasteiger partial charge in [-0.2, -0.15) is 0 Å². The average Bonchev–Trinajstić information content (AvgIpc) is 2.90. The van der Waals surface area contributed by atoms with E-state index in [1.54, 1.807) is 13.3 Å². The summed E-state index contributed by atoms with van der Waals surface area (Å²) in [7, 11) is 1.62. The van der Waals surface area contributed by atoms with Crippen LogP contribution in [0.1, 0.15) is 45.4 Å². The first kappa shape index (κ1) is 31.1. The van der Waals surface area contributed by atoms with E-state index in [0.717, 1.165) is 28.8 Å². The molecule has 0 fully saturated rings. The van der Waals surface area contributed by atoms with Gasteiger partial charge in [-0.05, 0) is 51.2 Å². The molecular weight excluding hydrogens is 504 g/mol. The SMILES string of the molecule is COc1cc(NC(C)CCCNC(=O)CC[C@H](NC(=O)[C@H](N)CCCN=C(N)N)C(=O)O)c2ncccc2c1. The number of ether oxygens (including phenoxy) is 1. The van der Waals surface area contributed by atoms with Crippen molar-refractivity contribution in [3.8, 4) is 5.75 Å². The van der Waals surface area contributed by atoms with E-state index in [1.807, 2.05) is 31.2 Å². The fourth-order valence-corrected chi connectivity index (χ4v) is 3.92. The highest BCUT2D eigenvalue weighted by atomic mass is 16.5. The van der Waals surface area contributed by atoms with Crippen LogP contribution in [0.25, 0.3) is 10.9 Å². The molecule has 13 nitrogen and oxygen atoms in total. The second-order valence-electron chi connectivity index (χ2n) is 9.28. The number of aliphatic imine (C=N–C) groups is 1. The van der Waals surface area contributed by atoms with Crippen LogP contribution in [0.4, 0.5) is 5.69 Å². The summed E-state index contributed by atoms with van der Waals surface area (Å²) in [6, 6.07) is 5.67. The van der Waals surface area contributed by atoms with Crippen LogP contribution in [0.5, 0.6) is 5.75 Å². The van der Waals surface area contributed by atoms with Gasteiger partial charge in [-0.15, -0.1) is 0 Å². The van der Waals surface area contributed by atoms with Gasteiger partial charge in [-0.25, -0.2) is 4.79 Å². The number of aliphatic carboxylic acids is 1. The first-order chi connectivity index (χ1) is 18.6. The molecule has 0 aliphatic rings. The summed E-state index contributed by atoms with van der Waals surface area (Å²) < 4.78 is 5.39. The highest BCUT2D eigenvalue weighted by Crippen LogP contribution is 2.28. The summed E-state index contributed by atoms with van der Waals surface area (Å²) in [6.45, 7) is 2.80. The molecule has 13 heteroatoms. The van der Waals surface area contributed by atoms with Gasteiger partial charge in [0.1, 0.15) is 11.8 Å². The van der Waals surface area contributed by atoms with Gasteiger partial charge in [-0.1, -0.05) is 6.07 Å². The molecule has 0 saturated heterocycles. The third-order valence-corrected chi connectivity index (χ3v) is 6.03. The van der Waals surface area contributed by atoms with Gasteiger partial charge in [0.05, 0.1) is 24.4 Å². The van der Waals surface area contributed by atoms with Crippen LogP contribution >= 0.6 is 0 Å². The van der Waals surface area contributed by atoms with Gasteiger partial charge in [0.15, 0.2) is 5.96 Å². The van der Waals surface area contributed by atoms with E-state index in [9.17, 15) is 19.5 Å². The Bertz CT molecular complexity index is 1140. The Balaban J connectivity index is 1.72. The van der Waals surface area contributed by atoms with E-state index >= 15 is 0 Å². The number of carbonyl (C=O) groups is 3. The van der Waals surface area contributed by atoms with Crippen molar-refractivity contribution in [3.63, 3.8) is 0 Å². The number of anilines is 1. The van der Waals surface area contributed by atoms with E-state index in [1.165, 1.54) is 0 Å². The zero-order chi connectivity index (χ0) is 28.8. The van der Waals surface area contributed by atoms with Gasteiger partial charge < -0.3 is 43.0 Å².